The average Bonchev–Trinajstić information content (AvgIpc) is 2.66. The lowest BCUT2D eigenvalue weighted by Crippen LogP contribution is -2.26. The fourth-order valence-corrected chi connectivity index (χ4v) is 3.09. The molecule has 18 heavy (non-hydrogen) atoms. The second kappa shape index (κ2) is 6.43. The fourth-order valence-electron chi connectivity index (χ4n) is 2.20. The standard InChI is InChI=1S/C14H21FN2S/c1-11(16-2)12-4-5-14(13(15)10-12)17-6-3-8-18-9-7-17/h4-5,10-11,16H,3,6-9H2,1-2H3. The van der Waals surface area contributed by atoms with E-state index >= 15 is 0 Å². The van der Waals surface area contributed by atoms with Crippen LogP contribution >= 0.6 is 11.8 Å². The van der Waals surface area contributed by atoms with Crippen LogP contribution in [0.25, 0.3) is 0 Å². The van der Waals surface area contributed by atoms with Gasteiger partial charge in [-0.05, 0) is 43.8 Å². The number of thioether (sulfide) groups is 1. The first-order valence-corrected chi connectivity index (χ1v) is 7.67. The summed E-state index contributed by atoms with van der Waals surface area (Å²) in [4.78, 5) is 2.17. The summed E-state index contributed by atoms with van der Waals surface area (Å²) in [5, 5.41) is 3.13. The minimum Gasteiger partial charge on any atom is -0.368 e. The quantitative estimate of drug-likeness (QED) is 0.907. The van der Waals surface area contributed by atoms with E-state index in [1.165, 1.54) is 5.75 Å². The zero-order valence-corrected chi connectivity index (χ0v) is 11.9. The van der Waals surface area contributed by atoms with E-state index in [2.05, 4.69) is 10.2 Å². The van der Waals surface area contributed by atoms with Crippen LogP contribution in [0.1, 0.15) is 24.9 Å². The highest BCUT2D eigenvalue weighted by Crippen LogP contribution is 2.25. The number of benzene rings is 1. The van der Waals surface area contributed by atoms with Gasteiger partial charge in [0.25, 0.3) is 0 Å². The van der Waals surface area contributed by atoms with E-state index in [-0.39, 0.29) is 11.9 Å². The van der Waals surface area contributed by atoms with Crippen LogP contribution in [-0.4, -0.2) is 31.6 Å². The van der Waals surface area contributed by atoms with Crippen molar-refractivity contribution in [2.24, 2.45) is 0 Å². The second-order valence-corrected chi connectivity index (χ2v) is 5.90. The predicted octanol–water partition coefficient (Wildman–Crippen LogP) is 3.05. The van der Waals surface area contributed by atoms with E-state index in [0.717, 1.165) is 36.5 Å². The first-order chi connectivity index (χ1) is 8.72. The van der Waals surface area contributed by atoms with E-state index in [1.54, 1.807) is 6.07 Å². The minimum atomic E-state index is -0.0958. The molecule has 1 N–H and O–H groups in total. The highest BCUT2D eigenvalue weighted by atomic mass is 32.2. The van der Waals surface area contributed by atoms with Crippen LogP contribution in [0.5, 0.6) is 0 Å². The van der Waals surface area contributed by atoms with Gasteiger partial charge in [0, 0.05) is 24.9 Å². The van der Waals surface area contributed by atoms with E-state index in [1.807, 2.05) is 37.9 Å². The third-order valence-electron chi connectivity index (χ3n) is 3.47. The van der Waals surface area contributed by atoms with Crippen molar-refractivity contribution in [1.29, 1.82) is 0 Å². The molecule has 1 aromatic carbocycles. The van der Waals surface area contributed by atoms with Crippen LogP contribution in [0.2, 0.25) is 0 Å². The van der Waals surface area contributed by atoms with Crippen molar-refractivity contribution in [3.8, 4) is 0 Å². The SMILES string of the molecule is CNC(C)c1ccc(N2CCCSCC2)c(F)c1. The van der Waals surface area contributed by atoms with E-state index in [0.29, 0.717) is 0 Å². The van der Waals surface area contributed by atoms with Crippen molar-refractivity contribution in [3.05, 3.63) is 29.6 Å². The third-order valence-corrected chi connectivity index (χ3v) is 4.52. The van der Waals surface area contributed by atoms with Crippen molar-refractivity contribution >= 4 is 17.4 Å². The Morgan fingerprint density at radius 2 is 2.17 bits per heavy atom. The molecule has 4 heteroatoms. The number of hydrogen-bond acceptors (Lipinski definition) is 3. The molecular weight excluding hydrogens is 247 g/mol. The van der Waals surface area contributed by atoms with Gasteiger partial charge in [0.15, 0.2) is 0 Å². The smallest absolute Gasteiger partial charge is 0.146 e. The molecule has 100 valence electrons. The molecule has 1 atom stereocenters. The van der Waals surface area contributed by atoms with Crippen LogP contribution in [0.4, 0.5) is 10.1 Å². The molecule has 0 saturated carbocycles. The molecule has 0 spiro atoms. The molecule has 1 heterocycles. The zero-order valence-electron chi connectivity index (χ0n) is 11.1. The Morgan fingerprint density at radius 3 is 2.89 bits per heavy atom. The number of anilines is 1. The molecule has 0 amide bonds. The van der Waals surface area contributed by atoms with Crippen LogP contribution in [0.3, 0.4) is 0 Å². The summed E-state index contributed by atoms with van der Waals surface area (Å²) in [5.74, 6) is 2.18. The molecule has 2 rings (SSSR count). The minimum absolute atomic E-state index is 0.0958. The van der Waals surface area contributed by atoms with Gasteiger partial charge in [0.2, 0.25) is 0 Å². The predicted molar refractivity (Wildman–Crippen MR) is 78.0 cm³/mol. The number of nitrogens with zero attached hydrogens (tertiary/aromatic N) is 1. The van der Waals surface area contributed by atoms with Gasteiger partial charge in [0.1, 0.15) is 5.82 Å². The monoisotopic (exact) mass is 268 g/mol. The molecule has 1 aromatic rings. The van der Waals surface area contributed by atoms with Crippen molar-refractivity contribution in [1.82, 2.24) is 5.32 Å². The normalized spacial score (nSPS) is 18.5. The van der Waals surface area contributed by atoms with Gasteiger partial charge in [-0.2, -0.15) is 11.8 Å². The van der Waals surface area contributed by atoms with Gasteiger partial charge >= 0.3 is 0 Å². The number of hydrogen-bond donors (Lipinski definition) is 1. The molecule has 1 aliphatic rings. The molecule has 0 bridgehead atoms. The Bertz CT molecular complexity index is 389. The molecule has 1 saturated heterocycles. The van der Waals surface area contributed by atoms with Gasteiger partial charge in [-0.25, -0.2) is 4.39 Å². The summed E-state index contributed by atoms with van der Waals surface area (Å²) >= 11 is 1.96. The zero-order chi connectivity index (χ0) is 13.0. The molecule has 1 fully saturated rings. The summed E-state index contributed by atoms with van der Waals surface area (Å²) in [5.41, 5.74) is 1.76. The van der Waals surface area contributed by atoms with Gasteiger partial charge in [-0.15, -0.1) is 0 Å². The van der Waals surface area contributed by atoms with Crippen molar-refractivity contribution in [3.63, 3.8) is 0 Å². The maximum atomic E-state index is 14.2. The third kappa shape index (κ3) is 3.18. The summed E-state index contributed by atoms with van der Waals surface area (Å²) in [6, 6.07) is 5.80. The maximum Gasteiger partial charge on any atom is 0.146 e. The summed E-state index contributed by atoms with van der Waals surface area (Å²) in [6.07, 6.45) is 1.14. The van der Waals surface area contributed by atoms with Crippen LogP contribution < -0.4 is 10.2 Å². The number of nitrogens with one attached hydrogen (secondary N) is 1. The van der Waals surface area contributed by atoms with Gasteiger partial charge in [0.05, 0.1) is 5.69 Å². The number of rotatable bonds is 3. The lowest BCUT2D eigenvalue weighted by atomic mass is 10.1. The fraction of sp³-hybridized carbons (Fsp3) is 0.571. The lowest BCUT2D eigenvalue weighted by molar-refractivity contribution is 0.602. The summed E-state index contributed by atoms with van der Waals surface area (Å²) < 4.78 is 14.2. The molecular formula is C14H21FN2S. The van der Waals surface area contributed by atoms with Crippen molar-refractivity contribution in [2.75, 3.05) is 36.5 Å². The van der Waals surface area contributed by atoms with E-state index in [9.17, 15) is 4.39 Å². The Hall–Kier alpha value is -0.740. The van der Waals surface area contributed by atoms with Crippen LogP contribution in [-0.2, 0) is 0 Å². The van der Waals surface area contributed by atoms with Crippen molar-refractivity contribution < 1.29 is 4.39 Å². The Labute approximate surface area is 113 Å². The highest BCUT2D eigenvalue weighted by molar-refractivity contribution is 7.99. The summed E-state index contributed by atoms with van der Waals surface area (Å²) in [7, 11) is 1.89. The van der Waals surface area contributed by atoms with Gasteiger partial charge in [-0.3, -0.25) is 0 Å². The molecule has 0 aliphatic carbocycles. The molecule has 1 aliphatic heterocycles. The van der Waals surface area contributed by atoms with Gasteiger partial charge in [-0.1, -0.05) is 6.07 Å². The largest absolute Gasteiger partial charge is 0.368 e. The van der Waals surface area contributed by atoms with E-state index < -0.39 is 0 Å². The highest BCUT2D eigenvalue weighted by Gasteiger charge is 2.15. The Morgan fingerprint density at radius 1 is 1.33 bits per heavy atom. The maximum absolute atomic E-state index is 14.2. The van der Waals surface area contributed by atoms with Crippen LogP contribution in [0, 0.1) is 5.82 Å². The molecule has 0 radical (unpaired) electrons. The second-order valence-electron chi connectivity index (χ2n) is 4.67. The van der Waals surface area contributed by atoms with E-state index in [4.69, 9.17) is 0 Å². The lowest BCUT2D eigenvalue weighted by Gasteiger charge is -2.23. The average molecular weight is 268 g/mol. The first kappa shape index (κ1) is 13.7. The van der Waals surface area contributed by atoms with Crippen molar-refractivity contribution in [2.45, 2.75) is 19.4 Å². The molecule has 1 unspecified atom stereocenters. The van der Waals surface area contributed by atoms with Gasteiger partial charge < -0.3 is 10.2 Å². The molecule has 2 nitrogen and oxygen atoms in total. The summed E-state index contributed by atoms with van der Waals surface area (Å²) in [6.45, 7) is 3.95. The Kier molecular flexibility index (Phi) is 4.89. The van der Waals surface area contributed by atoms with Crippen LogP contribution in [0.15, 0.2) is 18.2 Å². The first-order valence-electron chi connectivity index (χ1n) is 6.52. The molecule has 0 aromatic heterocycles. The topological polar surface area (TPSA) is 15.3 Å². The number of halogens is 1. The Balaban J connectivity index is 2.18.